The highest BCUT2D eigenvalue weighted by Crippen LogP contribution is 2.49. The Morgan fingerprint density at radius 3 is 1.93 bits per heavy atom. The number of aliphatic hydroxyl groups is 1. The van der Waals surface area contributed by atoms with Gasteiger partial charge >= 0.3 is 6.16 Å². The minimum Gasteiger partial charge on any atom is -0.515 e. The number of halogens is 1. The van der Waals surface area contributed by atoms with Crippen LogP contribution in [-0.4, -0.2) is 23.7 Å². The summed E-state index contributed by atoms with van der Waals surface area (Å²) in [5, 5.41) is 9.49. The van der Waals surface area contributed by atoms with E-state index >= 15 is 0 Å². The van der Waals surface area contributed by atoms with Gasteiger partial charge in [-0.3, -0.25) is 0 Å². The average molecular weight is 467 g/mol. The van der Waals surface area contributed by atoms with Crippen LogP contribution in [0.2, 0.25) is 0 Å². The first-order chi connectivity index (χ1) is 14.6. The van der Waals surface area contributed by atoms with Crippen LogP contribution in [0, 0.1) is 0 Å². The lowest BCUT2D eigenvalue weighted by Gasteiger charge is -2.27. The highest BCUT2D eigenvalue weighted by atomic mass is 79.9. The molecule has 1 aliphatic carbocycles. The predicted molar refractivity (Wildman–Crippen MR) is 123 cm³/mol. The molecule has 0 aromatic heterocycles. The van der Waals surface area contributed by atoms with Crippen LogP contribution in [0.1, 0.15) is 23.6 Å². The molecule has 0 saturated carbocycles. The summed E-state index contributed by atoms with van der Waals surface area (Å²) in [6.45, 7) is 1.79. The Morgan fingerprint density at radius 2 is 1.40 bits per heavy atom. The molecule has 0 fully saturated rings. The number of aliphatic hydroxyl groups excluding tert-OH is 1. The Morgan fingerprint density at radius 1 is 0.900 bits per heavy atom. The summed E-state index contributed by atoms with van der Waals surface area (Å²) in [5.41, 5.74) is 4.29. The van der Waals surface area contributed by atoms with Crippen molar-refractivity contribution in [3.05, 3.63) is 102 Å². The van der Waals surface area contributed by atoms with Crippen LogP contribution in [0.3, 0.4) is 0 Å². The second-order valence-corrected chi connectivity index (χ2v) is 6.79. The van der Waals surface area contributed by atoms with Crippen molar-refractivity contribution in [3.63, 3.8) is 0 Å². The molecular weight excluding hydrogens is 444 g/mol. The Kier molecular flexibility index (Phi) is 6.95. The minimum absolute atomic E-state index is 0.0846. The first-order valence-electron chi connectivity index (χ1n) is 9.45. The summed E-state index contributed by atoms with van der Waals surface area (Å²) < 4.78 is 11.1. The lowest BCUT2D eigenvalue weighted by atomic mass is 9.93. The van der Waals surface area contributed by atoms with E-state index in [1.54, 1.807) is 0 Å². The molecule has 1 N–H and O–H groups in total. The van der Waals surface area contributed by atoms with Crippen LogP contribution >= 0.6 is 15.9 Å². The molecule has 0 bridgehead atoms. The Balaban J connectivity index is 0.00000124. The summed E-state index contributed by atoms with van der Waals surface area (Å²) in [7, 11) is 0. The Labute approximate surface area is 184 Å². The topological polar surface area (TPSA) is 55.8 Å². The van der Waals surface area contributed by atoms with E-state index in [0.29, 0.717) is 5.57 Å². The molecule has 4 nitrogen and oxygen atoms in total. The molecule has 0 atom stereocenters. The zero-order chi connectivity index (χ0) is 21.6. The van der Waals surface area contributed by atoms with Gasteiger partial charge < -0.3 is 14.6 Å². The first-order valence-corrected chi connectivity index (χ1v) is 11.0. The van der Waals surface area contributed by atoms with Gasteiger partial charge in [0, 0.05) is 16.7 Å². The van der Waals surface area contributed by atoms with E-state index in [2.05, 4.69) is 15.9 Å². The fraction of sp³-hybridized carbons (Fsp3) is 0.160. The van der Waals surface area contributed by atoms with E-state index in [0.717, 1.165) is 34.1 Å². The lowest BCUT2D eigenvalue weighted by molar-refractivity contribution is -0.000590. The van der Waals surface area contributed by atoms with Crippen molar-refractivity contribution in [3.8, 4) is 11.1 Å². The number of ether oxygens (including phenoxy) is 2. The van der Waals surface area contributed by atoms with Crippen molar-refractivity contribution in [1.82, 2.24) is 0 Å². The average Bonchev–Trinajstić information content (AvgIpc) is 3.05. The summed E-state index contributed by atoms with van der Waals surface area (Å²) in [6, 6.07) is 25.0. The molecule has 0 radical (unpaired) electrons. The van der Waals surface area contributed by atoms with E-state index in [-0.39, 0.29) is 6.61 Å². The maximum Gasteiger partial charge on any atom is 0.509 e. The van der Waals surface area contributed by atoms with Crippen molar-refractivity contribution >= 4 is 27.7 Å². The number of carbonyl (C=O) groups excluding carboxylic acids is 1. The summed E-state index contributed by atoms with van der Waals surface area (Å²) >= 11 is 2.94. The SMILES string of the molecule is CBr.CC1(OC(=O)OCC(=CO)c2ccccc2)c2ccccc2-c2ccccc21. The monoisotopic (exact) mass is 466 g/mol. The number of hydrogen-bond donors (Lipinski definition) is 1. The van der Waals surface area contributed by atoms with E-state index in [4.69, 9.17) is 9.47 Å². The number of fused-ring (bicyclic) bond motifs is 3. The highest BCUT2D eigenvalue weighted by Gasteiger charge is 2.42. The molecule has 0 aliphatic heterocycles. The summed E-state index contributed by atoms with van der Waals surface area (Å²) in [4.78, 5) is 12.5. The Hall–Kier alpha value is -3.05. The Bertz CT molecular complexity index is 998. The summed E-state index contributed by atoms with van der Waals surface area (Å²) in [5.74, 6) is 1.81. The molecule has 4 rings (SSSR count). The van der Waals surface area contributed by atoms with Gasteiger partial charge in [-0.1, -0.05) is 94.8 Å². The van der Waals surface area contributed by atoms with Gasteiger partial charge in [0.05, 0.1) is 6.26 Å². The lowest BCUT2D eigenvalue weighted by Crippen LogP contribution is -2.29. The molecule has 1 aliphatic rings. The van der Waals surface area contributed by atoms with Gasteiger partial charge in [0.1, 0.15) is 6.61 Å². The van der Waals surface area contributed by atoms with Crippen LogP contribution in [0.15, 0.2) is 85.1 Å². The zero-order valence-corrected chi connectivity index (χ0v) is 18.4. The van der Waals surface area contributed by atoms with E-state index in [1.807, 2.05) is 91.6 Å². The van der Waals surface area contributed by atoms with Gasteiger partial charge in [0.25, 0.3) is 0 Å². The molecule has 0 saturated heterocycles. The minimum atomic E-state index is -0.930. The number of carbonyl (C=O) groups is 1. The van der Waals surface area contributed by atoms with Gasteiger partial charge in [-0.05, 0) is 29.4 Å². The van der Waals surface area contributed by atoms with Crippen molar-refractivity contribution in [2.45, 2.75) is 12.5 Å². The third-order valence-electron chi connectivity index (χ3n) is 5.11. The standard InChI is InChI=1S/C24H20O4.CH3Br/c1-24(21-13-7-5-11-19(21)20-12-6-8-14-22(20)24)28-23(26)27-16-18(15-25)17-9-3-2-4-10-17;1-2/h2-15,25H,16H2,1H3;1H3. The predicted octanol–water partition coefficient (Wildman–Crippen LogP) is 6.69. The van der Waals surface area contributed by atoms with Gasteiger partial charge in [-0.15, -0.1) is 0 Å². The molecule has 0 amide bonds. The van der Waals surface area contributed by atoms with Gasteiger partial charge in [0.15, 0.2) is 5.60 Å². The third-order valence-corrected chi connectivity index (χ3v) is 5.11. The van der Waals surface area contributed by atoms with Crippen molar-refractivity contribution < 1.29 is 19.4 Å². The second kappa shape index (κ2) is 9.63. The maximum atomic E-state index is 12.5. The van der Waals surface area contributed by atoms with Crippen LogP contribution in [0.25, 0.3) is 16.7 Å². The van der Waals surface area contributed by atoms with Gasteiger partial charge in [0.2, 0.25) is 0 Å². The smallest absolute Gasteiger partial charge is 0.509 e. The molecule has 154 valence electrons. The highest BCUT2D eigenvalue weighted by molar-refractivity contribution is 9.08. The second-order valence-electron chi connectivity index (χ2n) is 6.79. The quantitative estimate of drug-likeness (QED) is 0.264. The number of hydrogen-bond acceptors (Lipinski definition) is 4. The van der Waals surface area contributed by atoms with Crippen LogP contribution < -0.4 is 0 Å². The first kappa shape index (κ1) is 21.7. The molecular formula is C25H23BrO4. The molecule has 0 unspecified atom stereocenters. The molecule has 5 heteroatoms. The molecule has 0 heterocycles. The van der Waals surface area contributed by atoms with Crippen molar-refractivity contribution in [1.29, 1.82) is 0 Å². The van der Waals surface area contributed by atoms with Crippen LogP contribution in [0.5, 0.6) is 0 Å². The molecule has 3 aromatic rings. The third kappa shape index (κ3) is 4.12. The van der Waals surface area contributed by atoms with E-state index < -0.39 is 11.8 Å². The number of alkyl halides is 1. The van der Waals surface area contributed by atoms with Gasteiger partial charge in [-0.25, -0.2) is 4.79 Å². The normalized spacial score (nSPS) is 13.4. The van der Waals surface area contributed by atoms with Crippen molar-refractivity contribution in [2.24, 2.45) is 0 Å². The molecule has 3 aromatic carbocycles. The van der Waals surface area contributed by atoms with Crippen LogP contribution in [0.4, 0.5) is 4.79 Å². The van der Waals surface area contributed by atoms with Crippen LogP contribution in [-0.2, 0) is 15.1 Å². The van der Waals surface area contributed by atoms with E-state index in [9.17, 15) is 9.90 Å². The van der Waals surface area contributed by atoms with Gasteiger partial charge in [-0.2, -0.15) is 0 Å². The summed E-state index contributed by atoms with van der Waals surface area (Å²) in [6.07, 6.45) is 0.161. The maximum absolute atomic E-state index is 12.5. The molecule has 30 heavy (non-hydrogen) atoms. The fourth-order valence-electron chi connectivity index (χ4n) is 3.70. The van der Waals surface area contributed by atoms with Crippen molar-refractivity contribution in [2.75, 3.05) is 12.4 Å². The number of benzene rings is 3. The van der Waals surface area contributed by atoms with E-state index in [1.165, 1.54) is 0 Å². The zero-order valence-electron chi connectivity index (χ0n) is 16.8. The largest absolute Gasteiger partial charge is 0.515 e. The molecule has 0 spiro atoms. The fourth-order valence-corrected chi connectivity index (χ4v) is 3.70. The number of rotatable bonds is 4.